The Bertz CT molecular complexity index is 733. The molecular weight excluding hydrogens is 313 g/mol. The number of urea groups is 1. The minimum atomic E-state index is -0.253. The Balaban J connectivity index is 1.60. The van der Waals surface area contributed by atoms with Crippen molar-refractivity contribution in [3.63, 3.8) is 0 Å². The minimum Gasteiger partial charge on any atom is -0.370 e. The topological polar surface area (TPSA) is 72.3 Å². The highest BCUT2D eigenvalue weighted by Crippen LogP contribution is 2.24. The first kappa shape index (κ1) is 16.4. The smallest absolute Gasteiger partial charge is 0.317 e. The quantitative estimate of drug-likeness (QED) is 0.925. The summed E-state index contributed by atoms with van der Waals surface area (Å²) in [4.78, 5) is 18.1. The van der Waals surface area contributed by atoms with Crippen LogP contribution in [0, 0.1) is 12.7 Å². The minimum absolute atomic E-state index is 0.186. The molecule has 0 aliphatic carbocycles. The molecular formula is C16H20FN5O2. The molecule has 2 aromatic rings. The van der Waals surface area contributed by atoms with Crippen LogP contribution in [0.2, 0.25) is 0 Å². The van der Waals surface area contributed by atoms with Crippen LogP contribution in [0.1, 0.15) is 23.1 Å². The van der Waals surface area contributed by atoms with Gasteiger partial charge in [-0.3, -0.25) is 4.68 Å². The number of halogens is 1. The van der Waals surface area contributed by atoms with Gasteiger partial charge in [-0.05, 0) is 24.1 Å². The van der Waals surface area contributed by atoms with Gasteiger partial charge in [0.2, 0.25) is 0 Å². The number of morpholine rings is 1. The van der Waals surface area contributed by atoms with Gasteiger partial charge < -0.3 is 15.0 Å². The highest BCUT2D eigenvalue weighted by Gasteiger charge is 2.25. The molecule has 1 aliphatic rings. The predicted molar refractivity (Wildman–Crippen MR) is 84.6 cm³/mol. The molecule has 2 heterocycles. The zero-order valence-corrected chi connectivity index (χ0v) is 13.7. The van der Waals surface area contributed by atoms with Gasteiger partial charge in [0.05, 0.1) is 19.7 Å². The summed E-state index contributed by atoms with van der Waals surface area (Å²) in [5.74, 6) is 0.317. The molecule has 0 saturated carbocycles. The van der Waals surface area contributed by atoms with E-state index in [2.05, 4.69) is 15.4 Å². The monoisotopic (exact) mass is 333 g/mol. The molecule has 1 atom stereocenters. The lowest BCUT2D eigenvalue weighted by Gasteiger charge is -2.33. The van der Waals surface area contributed by atoms with Crippen LogP contribution in [0.25, 0.3) is 0 Å². The number of aryl methyl sites for hydroxylation is 2. The number of nitrogens with one attached hydrogen (secondary N) is 1. The number of amides is 2. The highest BCUT2D eigenvalue weighted by atomic mass is 19.1. The van der Waals surface area contributed by atoms with Crippen LogP contribution >= 0.6 is 0 Å². The van der Waals surface area contributed by atoms with Crippen molar-refractivity contribution in [1.29, 1.82) is 0 Å². The first-order chi connectivity index (χ1) is 11.5. The fourth-order valence-corrected chi connectivity index (χ4v) is 2.63. The van der Waals surface area contributed by atoms with Crippen molar-refractivity contribution in [3.8, 4) is 0 Å². The van der Waals surface area contributed by atoms with E-state index in [1.54, 1.807) is 42.0 Å². The van der Waals surface area contributed by atoms with Gasteiger partial charge in [0, 0.05) is 13.6 Å². The lowest BCUT2D eigenvalue weighted by molar-refractivity contribution is -0.0155. The molecule has 24 heavy (non-hydrogen) atoms. The molecule has 1 fully saturated rings. The van der Waals surface area contributed by atoms with Gasteiger partial charge in [0.1, 0.15) is 18.2 Å². The number of hydrogen-bond acceptors (Lipinski definition) is 4. The van der Waals surface area contributed by atoms with Gasteiger partial charge in [0.25, 0.3) is 0 Å². The number of hydrogen-bond donors (Lipinski definition) is 1. The van der Waals surface area contributed by atoms with Crippen LogP contribution < -0.4 is 5.32 Å². The SMILES string of the molecule is Cc1cc(C2CN(C(=O)NCc3ncn(C)n3)CCO2)ccc1F. The Morgan fingerprint density at radius 3 is 3.04 bits per heavy atom. The standard InChI is InChI=1S/C16H20FN5O2/c1-11-7-12(3-4-13(11)17)14-9-22(5-6-24-14)16(23)18-8-15-19-10-21(2)20-15/h3-4,7,10,14H,5-6,8-9H2,1-2H3,(H,18,23). The molecule has 1 N–H and O–H groups in total. The second-order valence-electron chi connectivity index (χ2n) is 5.81. The van der Waals surface area contributed by atoms with Crippen LogP contribution in [0.15, 0.2) is 24.5 Å². The average Bonchev–Trinajstić information content (AvgIpc) is 3.00. The lowest BCUT2D eigenvalue weighted by atomic mass is 10.0. The van der Waals surface area contributed by atoms with E-state index in [9.17, 15) is 9.18 Å². The van der Waals surface area contributed by atoms with Gasteiger partial charge >= 0.3 is 6.03 Å². The molecule has 1 aromatic heterocycles. The molecule has 0 radical (unpaired) electrons. The molecule has 1 unspecified atom stereocenters. The number of aromatic nitrogens is 3. The van der Waals surface area contributed by atoms with E-state index in [0.29, 0.717) is 31.1 Å². The fraction of sp³-hybridized carbons (Fsp3) is 0.438. The number of rotatable bonds is 3. The van der Waals surface area contributed by atoms with Gasteiger partial charge in [0.15, 0.2) is 5.82 Å². The van der Waals surface area contributed by atoms with E-state index in [0.717, 1.165) is 5.56 Å². The summed E-state index contributed by atoms with van der Waals surface area (Å²) in [6.45, 7) is 3.37. The molecule has 3 rings (SSSR count). The zero-order chi connectivity index (χ0) is 17.1. The maximum absolute atomic E-state index is 13.4. The van der Waals surface area contributed by atoms with Crippen molar-refractivity contribution in [2.24, 2.45) is 7.05 Å². The van der Waals surface area contributed by atoms with Crippen LogP contribution in [-0.2, 0) is 18.3 Å². The largest absolute Gasteiger partial charge is 0.370 e. The molecule has 0 bridgehead atoms. The summed E-state index contributed by atoms with van der Waals surface area (Å²) in [5, 5.41) is 6.93. The Hall–Kier alpha value is -2.48. The Morgan fingerprint density at radius 2 is 2.33 bits per heavy atom. The zero-order valence-electron chi connectivity index (χ0n) is 13.7. The van der Waals surface area contributed by atoms with Gasteiger partial charge in [-0.15, -0.1) is 0 Å². The van der Waals surface area contributed by atoms with Crippen LogP contribution in [0.3, 0.4) is 0 Å². The molecule has 1 aliphatic heterocycles. The van der Waals surface area contributed by atoms with Crippen LogP contribution in [-0.4, -0.2) is 45.4 Å². The summed E-state index contributed by atoms with van der Waals surface area (Å²) in [5.41, 5.74) is 1.44. The van der Waals surface area contributed by atoms with Crippen molar-refractivity contribution in [1.82, 2.24) is 25.0 Å². The van der Waals surface area contributed by atoms with E-state index < -0.39 is 0 Å². The van der Waals surface area contributed by atoms with Crippen LogP contribution in [0.4, 0.5) is 9.18 Å². The first-order valence-corrected chi connectivity index (χ1v) is 7.78. The third kappa shape index (κ3) is 3.70. The van der Waals surface area contributed by atoms with Crippen molar-refractivity contribution >= 4 is 6.03 Å². The second-order valence-corrected chi connectivity index (χ2v) is 5.81. The van der Waals surface area contributed by atoms with Gasteiger partial charge in [-0.2, -0.15) is 5.10 Å². The first-order valence-electron chi connectivity index (χ1n) is 7.78. The summed E-state index contributed by atoms with van der Waals surface area (Å²) < 4.78 is 20.7. The normalized spacial score (nSPS) is 17.8. The summed E-state index contributed by atoms with van der Waals surface area (Å²) in [6, 6.07) is 4.71. The number of carbonyl (C=O) groups is 1. The van der Waals surface area contributed by atoms with Crippen LogP contribution in [0.5, 0.6) is 0 Å². The summed E-state index contributed by atoms with van der Waals surface area (Å²) in [6.07, 6.45) is 1.33. The lowest BCUT2D eigenvalue weighted by Crippen LogP contribution is -2.47. The Labute approximate surface area is 139 Å². The van der Waals surface area contributed by atoms with Gasteiger partial charge in [-0.1, -0.05) is 12.1 Å². The average molecular weight is 333 g/mol. The molecule has 8 heteroatoms. The molecule has 0 spiro atoms. The number of nitrogens with zero attached hydrogens (tertiary/aromatic N) is 4. The van der Waals surface area contributed by atoms with E-state index in [4.69, 9.17) is 4.74 Å². The molecule has 2 amide bonds. The third-order valence-electron chi connectivity index (χ3n) is 3.95. The molecule has 7 nitrogen and oxygen atoms in total. The number of carbonyl (C=O) groups excluding carboxylic acids is 1. The van der Waals surface area contributed by atoms with Gasteiger partial charge in [-0.25, -0.2) is 14.2 Å². The third-order valence-corrected chi connectivity index (χ3v) is 3.95. The molecule has 1 saturated heterocycles. The van der Waals surface area contributed by atoms with Crippen molar-refractivity contribution < 1.29 is 13.9 Å². The number of benzene rings is 1. The molecule has 1 aromatic carbocycles. The molecule has 128 valence electrons. The maximum atomic E-state index is 13.4. The Morgan fingerprint density at radius 1 is 1.50 bits per heavy atom. The Kier molecular flexibility index (Phi) is 4.75. The highest BCUT2D eigenvalue weighted by molar-refractivity contribution is 5.74. The van der Waals surface area contributed by atoms with Crippen molar-refractivity contribution in [2.75, 3.05) is 19.7 Å². The van der Waals surface area contributed by atoms with Crippen molar-refractivity contribution in [3.05, 3.63) is 47.3 Å². The summed E-state index contributed by atoms with van der Waals surface area (Å²) >= 11 is 0. The van der Waals surface area contributed by atoms with E-state index >= 15 is 0 Å². The fourth-order valence-electron chi connectivity index (χ4n) is 2.63. The predicted octanol–water partition coefficient (Wildman–Crippen LogP) is 1.55. The van der Waals surface area contributed by atoms with E-state index in [1.165, 1.54) is 6.07 Å². The van der Waals surface area contributed by atoms with E-state index in [1.807, 2.05) is 0 Å². The summed E-state index contributed by atoms with van der Waals surface area (Å²) in [7, 11) is 1.77. The maximum Gasteiger partial charge on any atom is 0.317 e. The van der Waals surface area contributed by atoms with Crippen molar-refractivity contribution in [2.45, 2.75) is 19.6 Å². The number of ether oxygens (including phenoxy) is 1. The second kappa shape index (κ2) is 6.96. The van der Waals surface area contributed by atoms with E-state index in [-0.39, 0.29) is 24.5 Å².